The maximum Gasteiger partial charge on any atom is 0.323 e. The summed E-state index contributed by atoms with van der Waals surface area (Å²) in [6.45, 7) is 1.24. The lowest BCUT2D eigenvalue weighted by molar-refractivity contribution is -0.151. The van der Waals surface area contributed by atoms with E-state index in [9.17, 15) is 23.1 Å². The van der Waals surface area contributed by atoms with Gasteiger partial charge in [-0.25, -0.2) is 0 Å². The largest absolute Gasteiger partial charge is 0.463 e. The minimum absolute atomic E-state index is 0.263. The Balaban J connectivity index is 3.69. The van der Waals surface area contributed by atoms with Crippen LogP contribution in [-0.4, -0.2) is 55.1 Å². The number of aliphatic hydroxyl groups excluding tert-OH is 1. The molecule has 0 heterocycles. The Morgan fingerprint density at radius 2 is 1.55 bits per heavy atom. The van der Waals surface area contributed by atoms with Crippen molar-refractivity contribution in [2.45, 2.75) is 51.6 Å². The first-order valence-corrected chi connectivity index (χ1v) is 8.80. The Hall–Kier alpha value is -1.19. The molecule has 0 fully saturated rings. The number of unbranched alkanes of at least 4 members (excludes halogenated alkanes) is 4. The minimum Gasteiger partial charge on any atom is -0.463 e. The van der Waals surface area contributed by atoms with Gasteiger partial charge in [-0.15, -0.1) is 0 Å². The van der Waals surface area contributed by atoms with E-state index in [1.165, 1.54) is 0 Å². The fraction of sp³-hybridized carbons (Fsp3) is 0.846. The summed E-state index contributed by atoms with van der Waals surface area (Å²) in [6.07, 6.45) is 4.00. The highest BCUT2D eigenvalue weighted by Gasteiger charge is 2.16. The molecule has 0 aromatic carbocycles. The van der Waals surface area contributed by atoms with Crippen LogP contribution in [0, 0.1) is 0 Å². The molecule has 0 aliphatic carbocycles. The maximum absolute atomic E-state index is 11.4. The van der Waals surface area contributed by atoms with Gasteiger partial charge in [0.25, 0.3) is 10.1 Å². The molecular formula is C13H24O8S. The number of carbonyl (C=O) groups is 2. The Morgan fingerprint density at radius 1 is 1.00 bits per heavy atom. The standard InChI is InChI=1S/C13H24O8S/c1-2-3-4-5-6-7-12(15)20-8-11(14)9-21-13(16)10-22(17,18)19/h11,14H,2-10H2,1H3,(H,17,18,19). The van der Waals surface area contributed by atoms with Gasteiger partial charge < -0.3 is 14.6 Å². The van der Waals surface area contributed by atoms with Gasteiger partial charge in [0.1, 0.15) is 19.3 Å². The van der Waals surface area contributed by atoms with E-state index in [2.05, 4.69) is 11.7 Å². The highest BCUT2D eigenvalue weighted by atomic mass is 32.2. The molecule has 1 atom stereocenters. The summed E-state index contributed by atoms with van der Waals surface area (Å²) in [5, 5.41) is 9.42. The van der Waals surface area contributed by atoms with E-state index in [0.717, 1.165) is 32.1 Å². The third kappa shape index (κ3) is 13.8. The third-order valence-electron chi connectivity index (χ3n) is 2.66. The average molecular weight is 340 g/mol. The summed E-state index contributed by atoms with van der Waals surface area (Å²) in [5.41, 5.74) is 0. The maximum atomic E-state index is 11.4. The Kier molecular flexibility index (Phi) is 10.8. The molecule has 1 unspecified atom stereocenters. The summed E-state index contributed by atoms with van der Waals surface area (Å²) in [5.74, 6) is -2.82. The Morgan fingerprint density at radius 3 is 2.09 bits per heavy atom. The van der Waals surface area contributed by atoms with Crippen molar-refractivity contribution in [3.8, 4) is 0 Å². The molecule has 0 aliphatic rings. The third-order valence-corrected chi connectivity index (χ3v) is 3.26. The number of aliphatic hydroxyl groups is 1. The van der Waals surface area contributed by atoms with Crippen LogP contribution in [0.2, 0.25) is 0 Å². The zero-order valence-electron chi connectivity index (χ0n) is 12.7. The summed E-state index contributed by atoms with van der Waals surface area (Å²) < 4.78 is 38.4. The Bertz CT molecular complexity index is 431. The second-order valence-electron chi connectivity index (χ2n) is 4.91. The van der Waals surface area contributed by atoms with Crippen LogP contribution in [0.15, 0.2) is 0 Å². The molecule has 0 amide bonds. The predicted molar refractivity (Wildman–Crippen MR) is 77.7 cm³/mol. The first-order chi connectivity index (χ1) is 10.2. The zero-order chi connectivity index (χ0) is 17.0. The summed E-state index contributed by atoms with van der Waals surface area (Å²) >= 11 is 0. The van der Waals surface area contributed by atoms with Gasteiger partial charge in [-0.1, -0.05) is 32.6 Å². The zero-order valence-corrected chi connectivity index (χ0v) is 13.5. The second kappa shape index (κ2) is 11.4. The molecule has 130 valence electrons. The van der Waals surface area contributed by atoms with Crippen LogP contribution in [0.5, 0.6) is 0 Å². The quantitative estimate of drug-likeness (QED) is 0.302. The smallest absolute Gasteiger partial charge is 0.323 e. The molecule has 0 rings (SSSR count). The van der Waals surface area contributed by atoms with E-state index < -0.39 is 40.5 Å². The molecule has 0 bridgehead atoms. The topological polar surface area (TPSA) is 127 Å². The molecular weight excluding hydrogens is 316 g/mol. The monoisotopic (exact) mass is 340 g/mol. The van der Waals surface area contributed by atoms with Gasteiger partial charge in [0.05, 0.1) is 0 Å². The number of rotatable bonds is 12. The average Bonchev–Trinajstić information content (AvgIpc) is 2.41. The summed E-state index contributed by atoms with van der Waals surface area (Å²) in [7, 11) is -4.46. The number of hydrogen-bond acceptors (Lipinski definition) is 7. The van der Waals surface area contributed by atoms with Gasteiger partial charge in [-0.05, 0) is 6.42 Å². The number of hydrogen-bond donors (Lipinski definition) is 2. The van der Waals surface area contributed by atoms with E-state index in [1.807, 2.05) is 0 Å². The van der Waals surface area contributed by atoms with Crippen LogP contribution in [-0.2, 0) is 29.2 Å². The first kappa shape index (κ1) is 20.8. The molecule has 8 nitrogen and oxygen atoms in total. The van der Waals surface area contributed by atoms with Crippen molar-refractivity contribution in [1.29, 1.82) is 0 Å². The van der Waals surface area contributed by atoms with Crippen LogP contribution in [0.3, 0.4) is 0 Å². The summed E-state index contributed by atoms with van der Waals surface area (Å²) in [6, 6.07) is 0. The lowest BCUT2D eigenvalue weighted by Gasteiger charge is -2.11. The predicted octanol–water partition coefficient (Wildman–Crippen LogP) is 0.682. The number of carbonyl (C=O) groups excluding carboxylic acids is 2. The minimum atomic E-state index is -4.46. The molecule has 2 N–H and O–H groups in total. The van der Waals surface area contributed by atoms with E-state index in [4.69, 9.17) is 9.29 Å². The number of ether oxygens (including phenoxy) is 2. The molecule has 9 heteroatoms. The van der Waals surface area contributed by atoms with Crippen molar-refractivity contribution in [3.63, 3.8) is 0 Å². The molecule has 0 spiro atoms. The lowest BCUT2D eigenvalue weighted by Crippen LogP contribution is -2.27. The van der Waals surface area contributed by atoms with Crippen molar-refractivity contribution >= 4 is 22.1 Å². The highest BCUT2D eigenvalue weighted by molar-refractivity contribution is 7.86. The molecule has 0 aliphatic heterocycles. The Labute approximate surface area is 130 Å². The van der Waals surface area contributed by atoms with Crippen molar-refractivity contribution < 1.29 is 37.1 Å². The van der Waals surface area contributed by atoms with Crippen molar-refractivity contribution in [2.24, 2.45) is 0 Å². The molecule has 0 saturated heterocycles. The van der Waals surface area contributed by atoms with Crippen LogP contribution >= 0.6 is 0 Å². The van der Waals surface area contributed by atoms with E-state index in [-0.39, 0.29) is 13.0 Å². The molecule has 0 aromatic heterocycles. The van der Waals surface area contributed by atoms with Gasteiger partial charge in [0.2, 0.25) is 0 Å². The molecule has 0 radical (unpaired) electrons. The highest BCUT2D eigenvalue weighted by Crippen LogP contribution is 2.05. The van der Waals surface area contributed by atoms with Gasteiger partial charge >= 0.3 is 11.9 Å². The van der Waals surface area contributed by atoms with Crippen molar-refractivity contribution in [1.82, 2.24) is 0 Å². The fourth-order valence-corrected chi connectivity index (χ4v) is 1.94. The van der Waals surface area contributed by atoms with Gasteiger partial charge in [-0.2, -0.15) is 8.42 Å². The first-order valence-electron chi connectivity index (χ1n) is 7.19. The van der Waals surface area contributed by atoms with Gasteiger partial charge in [-0.3, -0.25) is 14.1 Å². The van der Waals surface area contributed by atoms with Crippen LogP contribution in [0.25, 0.3) is 0 Å². The van der Waals surface area contributed by atoms with Crippen molar-refractivity contribution in [2.75, 3.05) is 19.0 Å². The fourth-order valence-electron chi connectivity index (χ4n) is 1.56. The van der Waals surface area contributed by atoms with E-state index in [0.29, 0.717) is 0 Å². The van der Waals surface area contributed by atoms with E-state index >= 15 is 0 Å². The number of esters is 2. The second-order valence-corrected chi connectivity index (χ2v) is 6.36. The van der Waals surface area contributed by atoms with Crippen LogP contribution in [0.4, 0.5) is 0 Å². The normalized spacial score (nSPS) is 12.7. The van der Waals surface area contributed by atoms with Crippen LogP contribution in [0.1, 0.15) is 45.4 Å². The molecule has 22 heavy (non-hydrogen) atoms. The SMILES string of the molecule is CCCCCCCC(=O)OCC(O)COC(=O)CS(=O)(=O)O. The lowest BCUT2D eigenvalue weighted by atomic mass is 10.1. The van der Waals surface area contributed by atoms with E-state index in [1.54, 1.807) is 0 Å². The molecule has 0 aromatic rings. The summed E-state index contributed by atoms with van der Waals surface area (Å²) in [4.78, 5) is 22.3. The van der Waals surface area contributed by atoms with Gasteiger partial charge in [0, 0.05) is 6.42 Å². The molecule has 0 saturated carbocycles. The van der Waals surface area contributed by atoms with Crippen LogP contribution < -0.4 is 0 Å². The van der Waals surface area contributed by atoms with Gasteiger partial charge in [0.15, 0.2) is 5.75 Å². The van der Waals surface area contributed by atoms with Crippen molar-refractivity contribution in [3.05, 3.63) is 0 Å².